The fourth-order valence-electron chi connectivity index (χ4n) is 2.21. The van der Waals surface area contributed by atoms with E-state index < -0.39 is 5.82 Å². The van der Waals surface area contributed by atoms with Crippen molar-refractivity contribution < 1.29 is 4.39 Å². The number of nitriles is 1. The highest BCUT2D eigenvalue weighted by Crippen LogP contribution is 2.18. The summed E-state index contributed by atoms with van der Waals surface area (Å²) in [6, 6.07) is 6.63. The van der Waals surface area contributed by atoms with Crippen LogP contribution in [-0.4, -0.2) is 24.5 Å². The molecule has 1 aromatic carbocycles. The van der Waals surface area contributed by atoms with Gasteiger partial charge in [0.25, 0.3) is 0 Å². The van der Waals surface area contributed by atoms with E-state index in [0.29, 0.717) is 13.1 Å². The van der Waals surface area contributed by atoms with E-state index in [0.717, 1.165) is 25.1 Å². The molecule has 2 N–H and O–H groups in total. The molecule has 0 bridgehead atoms. The third-order valence-electron chi connectivity index (χ3n) is 3.30. The summed E-state index contributed by atoms with van der Waals surface area (Å²) >= 11 is 0. The lowest BCUT2D eigenvalue weighted by atomic mass is 9.92. The maximum atomic E-state index is 13.3. The van der Waals surface area contributed by atoms with Gasteiger partial charge in [-0.05, 0) is 42.6 Å². The lowest BCUT2D eigenvalue weighted by molar-refractivity contribution is 0.176. The number of halogens is 1. The summed E-state index contributed by atoms with van der Waals surface area (Å²) in [4.78, 5) is 2.31. The van der Waals surface area contributed by atoms with Gasteiger partial charge in [0.05, 0.1) is 5.56 Å². The zero-order chi connectivity index (χ0) is 15.2. The van der Waals surface area contributed by atoms with Crippen LogP contribution < -0.4 is 5.73 Å². The average molecular weight is 277 g/mol. The first-order valence-electron chi connectivity index (χ1n) is 7.03. The van der Waals surface area contributed by atoms with Gasteiger partial charge in [-0.2, -0.15) is 5.26 Å². The summed E-state index contributed by atoms with van der Waals surface area (Å²) in [6.07, 6.45) is 1.05. The van der Waals surface area contributed by atoms with E-state index in [-0.39, 0.29) is 11.0 Å². The van der Waals surface area contributed by atoms with Crippen molar-refractivity contribution in [3.05, 3.63) is 35.1 Å². The molecule has 0 amide bonds. The number of nitrogens with zero attached hydrogens (tertiary/aromatic N) is 2. The molecular formula is C16H24FN3. The molecule has 0 saturated heterocycles. The van der Waals surface area contributed by atoms with Crippen LogP contribution in [0.25, 0.3) is 0 Å². The van der Waals surface area contributed by atoms with Gasteiger partial charge in [-0.25, -0.2) is 4.39 Å². The lowest BCUT2D eigenvalue weighted by Crippen LogP contribution is -2.38. The van der Waals surface area contributed by atoms with Crippen LogP contribution in [0.3, 0.4) is 0 Å². The van der Waals surface area contributed by atoms with Crippen LogP contribution in [0.4, 0.5) is 4.39 Å². The summed E-state index contributed by atoms with van der Waals surface area (Å²) in [6.45, 7) is 9.60. The predicted molar refractivity (Wildman–Crippen MR) is 79.5 cm³/mol. The van der Waals surface area contributed by atoms with Gasteiger partial charge in [-0.3, -0.25) is 4.90 Å². The van der Waals surface area contributed by atoms with Crippen molar-refractivity contribution >= 4 is 0 Å². The number of hydrogen-bond acceptors (Lipinski definition) is 3. The van der Waals surface area contributed by atoms with Crippen LogP contribution in [0.2, 0.25) is 0 Å². The molecule has 0 aliphatic heterocycles. The van der Waals surface area contributed by atoms with Gasteiger partial charge in [0.1, 0.15) is 11.9 Å². The second-order valence-electron chi connectivity index (χ2n) is 6.00. The molecular weight excluding hydrogens is 253 g/mol. The molecule has 0 aromatic heterocycles. The molecule has 0 radical (unpaired) electrons. The minimum Gasteiger partial charge on any atom is -0.330 e. The number of benzene rings is 1. The van der Waals surface area contributed by atoms with Gasteiger partial charge < -0.3 is 5.73 Å². The maximum Gasteiger partial charge on any atom is 0.140 e. The van der Waals surface area contributed by atoms with Crippen molar-refractivity contribution in [2.75, 3.05) is 19.6 Å². The molecule has 0 atom stereocenters. The molecule has 110 valence electrons. The van der Waals surface area contributed by atoms with Gasteiger partial charge in [0.2, 0.25) is 0 Å². The largest absolute Gasteiger partial charge is 0.330 e. The SMILES string of the molecule is CCCN(Cc1ccc(F)c(C#N)c1)CC(C)(C)CN. The van der Waals surface area contributed by atoms with Crippen LogP contribution >= 0.6 is 0 Å². The summed E-state index contributed by atoms with van der Waals surface area (Å²) in [5, 5.41) is 8.88. The minimum atomic E-state index is -0.458. The molecule has 0 spiro atoms. The molecule has 0 aliphatic carbocycles. The second kappa shape index (κ2) is 7.37. The van der Waals surface area contributed by atoms with Crippen molar-refractivity contribution in [1.29, 1.82) is 5.26 Å². The van der Waals surface area contributed by atoms with E-state index in [1.54, 1.807) is 12.1 Å². The molecule has 0 fully saturated rings. The van der Waals surface area contributed by atoms with Gasteiger partial charge >= 0.3 is 0 Å². The molecule has 20 heavy (non-hydrogen) atoms. The standard InChI is InChI=1S/C16H24FN3/c1-4-7-20(12-16(2,3)11-19)10-13-5-6-15(17)14(8-13)9-18/h5-6,8H,4,7,10-12,19H2,1-3H3. The van der Waals surface area contributed by atoms with E-state index in [2.05, 4.69) is 25.7 Å². The highest BCUT2D eigenvalue weighted by molar-refractivity contribution is 5.34. The van der Waals surface area contributed by atoms with E-state index >= 15 is 0 Å². The quantitative estimate of drug-likeness (QED) is 0.833. The van der Waals surface area contributed by atoms with Crippen LogP contribution in [0.15, 0.2) is 18.2 Å². The summed E-state index contributed by atoms with van der Waals surface area (Å²) in [5.41, 5.74) is 6.91. The van der Waals surface area contributed by atoms with E-state index in [4.69, 9.17) is 11.0 Å². The van der Waals surface area contributed by atoms with Gasteiger partial charge in [-0.15, -0.1) is 0 Å². The van der Waals surface area contributed by atoms with Gasteiger partial charge in [-0.1, -0.05) is 26.8 Å². The smallest absolute Gasteiger partial charge is 0.140 e. The monoisotopic (exact) mass is 277 g/mol. The average Bonchev–Trinajstić information content (AvgIpc) is 2.41. The molecule has 0 heterocycles. The minimum absolute atomic E-state index is 0.0489. The van der Waals surface area contributed by atoms with Crippen LogP contribution in [-0.2, 0) is 6.54 Å². The van der Waals surface area contributed by atoms with Crippen molar-refractivity contribution in [3.8, 4) is 6.07 Å². The Kier molecular flexibility index (Phi) is 6.12. The van der Waals surface area contributed by atoms with Crippen LogP contribution in [0, 0.1) is 22.6 Å². The van der Waals surface area contributed by atoms with E-state index in [9.17, 15) is 4.39 Å². The predicted octanol–water partition coefficient (Wildman–Crippen LogP) is 2.89. The van der Waals surface area contributed by atoms with E-state index in [1.807, 2.05) is 6.07 Å². The van der Waals surface area contributed by atoms with Crippen molar-refractivity contribution in [2.45, 2.75) is 33.7 Å². The Morgan fingerprint density at radius 1 is 1.40 bits per heavy atom. The molecule has 0 unspecified atom stereocenters. The Morgan fingerprint density at radius 3 is 2.65 bits per heavy atom. The first-order valence-corrected chi connectivity index (χ1v) is 7.03. The molecule has 1 aromatic rings. The summed E-state index contributed by atoms with van der Waals surface area (Å²) in [7, 11) is 0. The zero-order valence-electron chi connectivity index (χ0n) is 12.6. The number of hydrogen-bond donors (Lipinski definition) is 1. The highest BCUT2D eigenvalue weighted by Gasteiger charge is 2.20. The Balaban J connectivity index is 2.83. The second-order valence-corrected chi connectivity index (χ2v) is 6.00. The molecule has 0 saturated carbocycles. The first-order chi connectivity index (χ1) is 9.41. The Labute approximate surface area is 121 Å². The highest BCUT2D eigenvalue weighted by atomic mass is 19.1. The molecule has 4 heteroatoms. The first kappa shape index (κ1) is 16.6. The van der Waals surface area contributed by atoms with Crippen molar-refractivity contribution in [2.24, 2.45) is 11.1 Å². The van der Waals surface area contributed by atoms with Crippen LogP contribution in [0.1, 0.15) is 38.3 Å². The lowest BCUT2D eigenvalue weighted by Gasteiger charge is -2.31. The number of nitrogens with two attached hydrogens (primary N) is 1. The Hall–Kier alpha value is -1.44. The third kappa shape index (κ3) is 4.92. The topological polar surface area (TPSA) is 53.0 Å². The van der Waals surface area contributed by atoms with E-state index in [1.165, 1.54) is 6.07 Å². The molecule has 3 nitrogen and oxygen atoms in total. The molecule has 0 aliphatic rings. The fraction of sp³-hybridized carbons (Fsp3) is 0.562. The normalized spacial score (nSPS) is 11.7. The Morgan fingerprint density at radius 2 is 2.10 bits per heavy atom. The van der Waals surface area contributed by atoms with Gasteiger partial charge in [0, 0.05) is 13.1 Å². The summed E-state index contributed by atoms with van der Waals surface area (Å²) < 4.78 is 13.3. The summed E-state index contributed by atoms with van der Waals surface area (Å²) in [5.74, 6) is -0.458. The van der Waals surface area contributed by atoms with Crippen molar-refractivity contribution in [3.63, 3.8) is 0 Å². The number of rotatable bonds is 7. The third-order valence-corrected chi connectivity index (χ3v) is 3.30. The maximum absolute atomic E-state index is 13.3. The van der Waals surface area contributed by atoms with Crippen molar-refractivity contribution in [1.82, 2.24) is 4.90 Å². The fourth-order valence-corrected chi connectivity index (χ4v) is 2.21. The zero-order valence-corrected chi connectivity index (χ0v) is 12.6. The van der Waals surface area contributed by atoms with Crippen LogP contribution in [0.5, 0.6) is 0 Å². The molecule has 1 rings (SSSR count). The van der Waals surface area contributed by atoms with Gasteiger partial charge in [0.15, 0.2) is 0 Å². The Bertz CT molecular complexity index is 477.